The molecule has 0 fully saturated rings. The highest BCUT2D eigenvalue weighted by atomic mass is 16.6. The van der Waals surface area contributed by atoms with Crippen LogP contribution in [0.4, 0.5) is 0 Å². The third-order valence-corrected chi connectivity index (χ3v) is 3.02. The molecule has 5 heteroatoms. The average Bonchev–Trinajstić information content (AvgIpc) is 2.93. The van der Waals surface area contributed by atoms with Gasteiger partial charge in [0, 0.05) is 5.39 Å². The van der Waals surface area contributed by atoms with Gasteiger partial charge in [0.1, 0.15) is 5.58 Å². The third-order valence-electron chi connectivity index (χ3n) is 3.02. The van der Waals surface area contributed by atoms with Crippen LogP contribution in [0.1, 0.15) is 31.7 Å². The second-order valence-corrected chi connectivity index (χ2v) is 4.57. The maximum Gasteiger partial charge on any atom is 0.324 e. The predicted molar refractivity (Wildman–Crippen MR) is 76.8 cm³/mol. The number of fused-ring (bicyclic) bond motifs is 1. The van der Waals surface area contributed by atoms with Crippen LogP contribution in [-0.2, 0) is 19.1 Å². The van der Waals surface area contributed by atoms with Crippen molar-refractivity contribution in [3.8, 4) is 0 Å². The van der Waals surface area contributed by atoms with Crippen molar-refractivity contribution in [2.75, 3.05) is 13.2 Å². The summed E-state index contributed by atoms with van der Waals surface area (Å²) in [4.78, 5) is 24.2. The Hall–Kier alpha value is -2.30. The fraction of sp³-hybridized carbons (Fsp3) is 0.375. The van der Waals surface area contributed by atoms with Crippen molar-refractivity contribution in [3.63, 3.8) is 0 Å². The van der Waals surface area contributed by atoms with Crippen LogP contribution in [0.25, 0.3) is 11.0 Å². The highest BCUT2D eigenvalue weighted by Gasteiger charge is 2.31. The summed E-state index contributed by atoms with van der Waals surface area (Å²) >= 11 is 0. The van der Waals surface area contributed by atoms with Gasteiger partial charge in [0.05, 0.1) is 19.5 Å². The molecule has 0 aliphatic carbocycles. The molecule has 0 N–H and O–H groups in total. The standard InChI is InChI=1S/C16H18O5/c1-3-8-21-16(18)14(15(17)19-4-2)12-6-5-11-7-9-20-13(11)10-12/h5-7,9-10,14H,3-4,8H2,1-2H3. The third kappa shape index (κ3) is 3.42. The van der Waals surface area contributed by atoms with Crippen molar-refractivity contribution < 1.29 is 23.5 Å². The van der Waals surface area contributed by atoms with E-state index in [0.717, 1.165) is 5.39 Å². The van der Waals surface area contributed by atoms with Gasteiger partial charge in [0.2, 0.25) is 0 Å². The van der Waals surface area contributed by atoms with Gasteiger partial charge in [0.25, 0.3) is 0 Å². The van der Waals surface area contributed by atoms with Crippen LogP contribution in [0.15, 0.2) is 34.9 Å². The molecule has 0 amide bonds. The Morgan fingerprint density at radius 1 is 1.14 bits per heavy atom. The summed E-state index contributed by atoms with van der Waals surface area (Å²) in [6.45, 7) is 4.07. The van der Waals surface area contributed by atoms with Crippen LogP contribution in [0.3, 0.4) is 0 Å². The van der Waals surface area contributed by atoms with E-state index in [1.807, 2.05) is 13.0 Å². The zero-order valence-corrected chi connectivity index (χ0v) is 12.1. The number of carbonyl (C=O) groups excluding carboxylic acids is 2. The first-order valence-electron chi connectivity index (χ1n) is 6.97. The monoisotopic (exact) mass is 290 g/mol. The van der Waals surface area contributed by atoms with Gasteiger partial charge in [0.15, 0.2) is 5.92 Å². The zero-order chi connectivity index (χ0) is 15.2. The minimum Gasteiger partial charge on any atom is -0.465 e. The Balaban J connectivity index is 2.32. The molecule has 1 aromatic heterocycles. The summed E-state index contributed by atoms with van der Waals surface area (Å²) < 4.78 is 15.4. The van der Waals surface area contributed by atoms with Gasteiger partial charge in [-0.15, -0.1) is 0 Å². The molecule has 0 spiro atoms. The summed E-state index contributed by atoms with van der Waals surface area (Å²) in [5.41, 5.74) is 1.13. The van der Waals surface area contributed by atoms with Crippen molar-refractivity contribution >= 4 is 22.9 Å². The van der Waals surface area contributed by atoms with E-state index >= 15 is 0 Å². The van der Waals surface area contributed by atoms with Gasteiger partial charge >= 0.3 is 11.9 Å². The van der Waals surface area contributed by atoms with Crippen LogP contribution in [-0.4, -0.2) is 25.2 Å². The van der Waals surface area contributed by atoms with E-state index in [0.29, 0.717) is 17.6 Å². The summed E-state index contributed by atoms with van der Waals surface area (Å²) in [6.07, 6.45) is 2.25. The summed E-state index contributed by atoms with van der Waals surface area (Å²) in [5.74, 6) is -2.28. The Morgan fingerprint density at radius 3 is 2.62 bits per heavy atom. The minimum atomic E-state index is -1.08. The van der Waals surface area contributed by atoms with E-state index in [4.69, 9.17) is 13.9 Å². The molecule has 1 aromatic carbocycles. The first kappa shape index (κ1) is 15.1. The van der Waals surface area contributed by atoms with E-state index in [1.165, 1.54) is 0 Å². The van der Waals surface area contributed by atoms with E-state index in [2.05, 4.69) is 0 Å². The molecule has 112 valence electrons. The number of rotatable bonds is 6. The van der Waals surface area contributed by atoms with Gasteiger partial charge in [-0.2, -0.15) is 0 Å². The van der Waals surface area contributed by atoms with E-state index < -0.39 is 17.9 Å². The molecular formula is C16H18O5. The number of benzene rings is 1. The molecule has 1 atom stereocenters. The second-order valence-electron chi connectivity index (χ2n) is 4.57. The van der Waals surface area contributed by atoms with Gasteiger partial charge in [-0.3, -0.25) is 9.59 Å². The second kappa shape index (κ2) is 6.92. The lowest BCUT2D eigenvalue weighted by Gasteiger charge is -2.15. The topological polar surface area (TPSA) is 65.7 Å². The Morgan fingerprint density at radius 2 is 1.90 bits per heavy atom. The van der Waals surface area contributed by atoms with Crippen molar-refractivity contribution in [2.24, 2.45) is 0 Å². The number of furan rings is 1. The molecule has 5 nitrogen and oxygen atoms in total. The normalized spacial score (nSPS) is 12.1. The molecule has 1 unspecified atom stereocenters. The van der Waals surface area contributed by atoms with Gasteiger partial charge in [-0.1, -0.05) is 19.1 Å². The summed E-state index contributed by atoms with van der Waals surface area (Å²) in [6, 6.07) is 7.00. The largest absolute Gasteiger partial charge is 0.465 e. The molecule has 0 saturated carbocycles. The smallest absolute Gasteiger partial charge is 0.324 e. The number of hydrogen-bond acceptors (Lipinski definition) is 5. The molecule has 2 rings (SSSR count). The van der Waals surface area contributed by atoms with Crippen molar-refractivity contribution in [1.82, 2.24) is 0 Å². The lowest BCUT2D eigenvalue weighted by Crippen LogP contribution is -2.26. The first-order chi connectivity index (χ1) is 10.2. The molecule has 0 aliphatic heterocycles. The van der Waals surface area contributed by atoms with Gasteiger partial charge in [-0.05, 0) is 31.0 Å². The SMILES string of the molecule is CCCOC(=O)C(C(=O)OCC)c1ccc2ccoc2c1. The van der Waals surface area contributed by atoms with E-state index in [9.17, 15) is 9.59 Å². The minimum absolute atomic E-state index is 0.208. The summed E-state index contributed by atoms with van der Waals surface area (Å²) in [5, 5.41) is 0.906. The molecule has 2 aromatic rings. The predicted octanol–water partition coefficient (Wildman–Crippen LogP) is 3.03. The van der Waals surface area contributed by atoms with Crippen LogP contribution >= 0.6 is 0 Å². The number of hydrogen-bond donors (Lipinski definition) is 0. The van der Waals surface area contributed by atoms with E-state index in [1.54, 1.807) is 31.4 Å². The van der Waals surface area contributed by atoms with Crippen molar-refractivity contribution in [3.05, 3.63) is 36.1 Å². The molecule has 0 saturated heterocycles. The average molecular weight is 290 g/mol. The molecule has 0 radical (unpaired) electrons. The van der Waals surface area contributed by atoms with Gasteiger partial charge < -0.3 is 13.9 Å². The Bertz CT molecular complexity index is 628. The van der Waals surface area contributed by atoms with Crippen LogP contribution in [0.5, 0.6) is 0 Å². The molecule has 0 aliphatic rings. The van der Waals surface area contributed by atoms with Gasteiger partial charge in [-0.25, -0.2) is 0 Å². The molecule has 0 bridgehead atoms. The van der Waals surface area contributed by atoms with Crippen LogP contribution in [0.2, 0.25) is 0 Å². The summed E-state index contributed by atoms with van der Waals surface area (Å²) in [7, 11) is 0. The number of ether oxygens (including phenoxy) is 2. The van der Waals surface area contributed by atoms with Crippen LogP contribution < -0.4 is 0 Å². The van der Waals surface area contributed by atoms with Crippen LogP contribution in [0, 0.1) is 0 Å². The highest BCUT2D eigenvalue weighted by Crippen LogP contribution is 2.25. The quantitative estimate of drug-likeness (QED) is 0.604. The van der Waals surface area contributed by atoms with Crippen molar-refractivity contribution in [1.29, 1.82) is 0 Å². The Kier molecular flexibility index (Phi) is 4.98. The first-order valence-corrected chi connectivity index (χ1v) is 6.97. The number of carbonyl (C=O) groups is 2. The fourth-order valence-electron chi connectivity index (χ4n) is 2.03. The lowest BCUT2D eigenvalue weighted by molar-refractivity contribution is -0.157. The zero-order valence-electron chi connectivity index (χ0n) is 12.1. The molecule has 1 heterocycles. The lowest BCUT2D eigenvalue weighted by atomic mass is 9.98. The number of esters is 2. The van der Waals surface area contributed by atoms with Crippen molar-refractivity contribution in [2.45, 2.75) is 26.2 Å². The molecule has 21 heavy (non-hydrogen) atoms. The fourth-order valence-corrected chi connectivity index (χ4v) is 2.03. The Labute approximate surface area is 122 Å². The highest BCUT2D eigenvalue weighted by molar-refractivity contribution is 6.01. The van der Waals surface area contributed by atoms with E-state index in [-0.39, 0.29) is 13.2 Å². The maximum atomic E-state index is 12.1. The maximum absolute atomic E-state index is 12.1. The molecular weight excluding hydrogens is 272 g/mol.